The van der Waals surface area contributed by atoms with Crippen LogP contribution in [0.1, 0.15) is 5.56 Å². The highest BCUT2D eigenvalue weighted by atomic mass is 79.9. The van der Waals surface area contributed by atoms with Crippen LogP contribution in [0.15, 0.2) is 51.7 Å². The van der Waals surface area contributed by atoms with Crippen molar-refractivity contribution in [1.82, 2.24) is 15.0 Å². The molecule has 100 valence electrons. The Hall–Kier alpha value is -2.21. The summed E-state index contributed by atoms with van der Waals surface area (Å²) in [6.07, 6.45) is 0. The molecule has 3 rings (SSSR count). The van der Waals surface area contributed by atoms with Gasteiger partial charge in [-0.3, -0.25) is 4.79 Å². The summed E-state index contributed by atoms with van der Waals surface area (Å²) < 4.78 is 2.22. The highest BCUT2D eigenvalue weighted by molar-refractivity contribution is 9.10. The lowest BCUT2D eigenvalue weighted by Gasteiger charge is -2.08. The molecule has 0 radical (unpaired) electrons. The number of anilines is 1. The van der Waals surface area contributed by atoms with E-state index in [1.54, 1.807) is 18.2 Å². The van der Waals surface area contributed by atoms with Crippen LogP contribution in [0, 0.1) is 0 Å². The second-order valence-electron chi connectivity index (χ2n) is 4.41. The van der Waals surface area contributed by atoms with Crippen molar-refractivity contribution in [2.45, 2.75) is 6.54 Å². The van der Waals surface area contributed by atoms with Gasteiger partial charge in [0.2, 0.25) is 0 Å². The Balaban J connectivity index is 2.07. The molecular formula is C14H11BrN4O. The van der Waals surface area contributed by atoms with Crippen molar-refractivity contribution in [2.24, 2.45) is 0 Å². The summed E-state index contributed by atoms with van der Waals surface area (Å²) in [5, 5.41) is 8.55. The van der Waals surface area contributed by atoms with E-state index in [-0.39, 0.29) is 5.56 Å². The Kier molecular flexibility index (Phi) is 3.23. The molecule has 0 saturated heterocycles. The summed E-state index contributed by atoms with van der Waals surface area (Å²) in [4.78, 5) is 12.3. The van der Waals surface area contributed by atoms with Crippen LogP contribution in [0.25, 0.3) is 10.9 Å². The number of hydrogen-bond donors (Lipinski definition) is 1. The molecule has 20 heavy (non-hydrogen) atoms. The lowest BCUT2D eigenvalue weighted by Crippen LogP contribution is -2.25. The number of aromatic nitrogens is 3. The number of rotatable bonds is 2. The van der Waals surface area contributed by atoms with E-state index < -0.39 is 0 Å². The maximum atomic E-state index is 12.3. The first-order valence-electron chi connectivity index (χ1n) is 6.01. The molecule has 1 aromatic heterocycles. The van der Waals surface area contributed by atoms with E-state index in [4.69, 9.17) is 5.73 Å². The molecule has 2 N–H and O–H groups in total. The fourth-order valence-electron chi connectivity index (χ4n) is 2.00. The van der Waals surface area contributed by atoms with Crippen molar-refractivity contribution in [3.63, 3.8) is 0 Å². The molecule has 0 unspecified atom stereocenters. The standard InChI is InChI=1S/C14H11BrN4O/c15-10-6-5-9(12(16)7-10)8-19-14(20)11-3-1-2-4-13(11)17-18-19/h1-7H,8,16H2. The molecule has 3 aromatic rings. The third-order valence-electron chi connectivity index (χ3n) is 3.06. The van der Waals surface area contributed by atoms with Crippen molar-refractivity contribution in [3.05, 3.63) is 62.9 Å². The number of fused-ring (bicyclic) bond motifs is 1. The van der Waals surface area contributed by atoms with E-state index in [1.165, 1.54) is 4.68 Å². The number of benzene rings is 2. The van der Waals surface area contributed by atoms with Crippen molar-refractivity contribution in [2.75, 3.05) is 5.73 Å². The van der Waals surface area contributed by atoms with Gasteiger partial charge < -0.3 is 5.73 Å². The zero-order valence-electron chi connectivity index (χ0n) is 10.5. The minimum absolute atomic E-state index is 0.169. The molecule has 0 aliphatic rings. The fourth-order valence-corrected chi connectivity index (χ4v) is 2.38. The quantitative estimate of drug-likeness (QED) is 0.731. The lowest BCUT2D eigenvalue weighted by molar-refractivity contribution is 0.601. The normalized spacial score (nSPS) is 10.8. The molecular weight excluding hydrogens is 320 g/mol. The van der Waals surface area contributed by atoms with Gasteiger partial charge in [-0.25, -0.2) is 4.68 Å². The molecule has 0 atom stereocenters. The molecule has 6 heteroatoms. The summed E-state index contributed by atoms with van der Waals surface area (Å²) in [6, 6.07) is 12.7. The first kappa shape index (κ1) is 12.8. The first-order valence-corrected chi connectivity index (χ1v) is 6.81. The SMILES string of the molecule is Nc1cc(Br)ccc1Cn1nnc2ccccc2c1=O. The second kappa shape index (κ2) is 5.05. The molecule has 0 amide bonds. The molecule has 0 aliphatic carbocycles. The number of nitrogens with zero attached hydrogens (tertiary/aromatic N) is 3. The average Bonchev–Trinajstić information content (AvgIpc) is 2.45. The van der Waals surface area contributed by atoms with Crippen LogP contribution in [0.4, 0.5) is 5.69 Å². The van der Waals surface area contributed by atoms with Crippen LogP contribution >= 0.6 is 15.9 Å². The average molecular weight is 331 g/mol. The summed E-state index contributed by atoms with van der Waals surface area (Å²) in [7, 11) is 0. The highest BCUT2D eigenvalue weighted by Crippen LogP contribution is 2.19. The van der Waals surface area contributed by atoms with E-state index in [2.05, 4.69) is 26.2 Å². The lowest BCUT2D eigenvalue weighted by atomic mass is 10.2. The minimum Gasteiger partial charge on any atom is -0.398 e. The molecule has 0 bridgehead atoms. The van der Waals surface area contributed by atoms with Gasteiger partial charge in [0.15, 0.2) is 0 Å². The van der Waals surface area contributed by atoms with Gasteiger partial charge in [0, 0.05) is 10.2 Å². The summed E-state index contributed by atoms with van der Waals surface area (Å²) in [5.74, 6) is 0. The molecule has 5 nitrogen and oxygen atoms in total. The van der Waals surface area contributed by atoms with Crippen LogP contribution in [0.5, 0.6) is 0 Å². The van der Waals surface area contributed by atoms with E-state index in [0.717, 1.165) is 10.0 Å². The Morgan fingerprint density at radius 1 is 1.20 bits per heavy atom. The Morgan fingerprint density at radius 3 is 2.80 bits per heavy atom. The smallest absolute Gasteiger partial charge is 0.277 e. The largest absolute Gasteiger partial charge is 0.398 e. The van der Waals surface area contributed by atoms with Gasteiger partial charge in [-0.1, -0.05) is 39.3 Å². The third kappa shape index (κ3) is 2.30. The van der Waals surface area contributed by atoms with Crippen LogP contribution < -0.4 is 11.3 Å². The summed E-state index contributed by atoms with van der Waals surface area (Å²) in [6.45, 7) is 0.301. The van der Waals surface area contributed by atoms with Crippen molar-refractivity contribution in [1.29, 1.82) is 0 Å². The third-order valence-corrected chi connectivity index (χ3v) is 3.55. The van der Waals surface area contributed by atoms with Gasteiger partial charge >= 0.3 is 0 Å². The second-order valence-corrected chi connectivity index (χ2v) is 5.33. The van der Waals surface area contributed by atoms with Crippen LogP contribution in [0.2, 0.25) is 0 Å². The van der Waals surface area contributed by atoms with Crippen LogP contribution in [-0.2, 0) is 6.54 Å². The number of halogens is 1. The topological polar surface area (TPSA) is 73.8 Å². The van der Waals surface area contributed by atoms with E-state index in [9.17, 15) is 4.79 Å². The monoisotopic (exact) mass is 330 g/mol. The molecule has 1 heterocycles. The maximum absolute atomic E-state index is 12.3. The van der Waals surface area contributed by atoms with Gasteiger partial charge in [-0.05, 0) is 29.8 Å². The van der Waals surface area contributed by atoms with E-state index in [0.29, 0.717) is 23.1 Å². The maximum Gasteiger partial charge on any atom is 0.277 e. The highest BCUT2D eigenvalue weighted by Gasteiger charge is 2.07. The number of hydrogen-bond acceptors (Lipinski definition) is 4. The van der Waals surface area contributed by atoms with Crippen molar-refractivity contribution < 1.29 is 0 Å². The Bertz CT molecular complexity index is 844. The summed E-state index contributed by atoms with van der Waals surface area (Å²) in [5.41, 5.74) is 7.81. The van der Waals surface area contributed by atoms with E-state index in [1.807, 2.05) is 24.3 Å². The van der Waals surface area contributed by atoms with Gasteiger partial charge in [0.05, 0.1) is 11.9 Å². The van der Waals surface area contributed by atoms with Crippen LogP contribution in [0.3, 0.4) is 0 Å². The van der Waals surface area contributed by atoms with Gasteiger partial charge in [0.25, 0.3) is 5.56 Å². The fraction of sp³-hybridized carbons (Fsp3) is 0.0714. The minimum atomic E-state index is -0.169. The first-order chi connectivity index (χ1) is 9.65. The van der Waals surface area contributed by atoms with Gasteiger partial charge in [0.1, 0.15) is 5.52 Å². The Morgan fingerprint density at radius 2 is 2.00 bits per heavy atom. The van der Waals surface area contributed by atoms with Gasteiger partial charge in [-0.15, -0.1) is 5.10 Å². The Labute approximate surface area is 123 Å². The molecule has 0 aliphatic heterocycles. The van der Waals surface area contributed by atoms with Crippen molar-refractivity contribution in [3.8, 4) is 0 Å². The zero-order chi connectivity index (χ0) is 14.1. The molecule has 0 saturated carbocycles. The molecule has 0 spiro atoms. The molecule has 2 aromatic carbocycles. The van der Waals surface area contributed by atoms with Gasteiger partial charge in [-0.2, -0.15) is 0 Å². The predicted octanol–water partition coefficient (Wildman–Crippen LogP) is 2.18. The van der Waals surface area contributed by atoms with Crippen LogP contribution in [-0.4, -0.2) is 15.0 Å². The van der Waals surface area contributed by atoms with Crippen molar-refractivity contribution >= 4 is 32.5 Å². The summed E-state index contributed by atoms with van der Waals surface area (Å²) >= 11 is 3.35. The predicted molar refractivity (Wildman–Crippen MR) is 81.5 cm³/mol. The number of nitrogens with two attached hydrogens (primary N) is 1. The van der Waals surface area contributed by atoms with E-state index >= 15 is 0 Å². The number of nitrogen functional groups attached to an aromatic ring is 1. The zero-order valence-corrected chi connectivity index (χ0v) is 12.0. The molecule has 0 fully saturated rings.